The van der Waals surface area contributed by atoms with Crippen molar-refractivity contribution in [1.82, 2.24) is 10.6 Å². The smallest absolute Gasteiger partial charge is 0.190 e. The summed E-state index contributed by atoms with van der Waals surface area (Å²) in [6.07, 6.45) is 3.78. The van der Waals surface area contributed by atoms with Crippen molar-refractivity contribution in [3.8, 4) is 5.75 Å². The molecule has 148 valence electrons. The van der Waals surface area contributed by atoms with Gasteiger partial charge in [0.15, 0.2) is 5.96 Å². The molecule has 0 amide bonds. The molecule has 26 heavy (non-hydrogen) atoms. The lowest BCUT2D eigenvalue weighted by Gasteiger charge is -2.27. The summed E-state index contributed by atoms with van der Waals surface area (Å²) >= 11 is 0. The molecule has 0 bridgehead atoms. The molecular formula is C19H32IN3O3. The first-order chi connectivity index (χ1) is 12.2. The molecule has 1 saturated heterocycles. The summed E-state index contributed by atoms with van der Waals surface area (Å²) in [6.45, 7) is 3.30. The molecule has 1 aliphatic rings. The number of guanidine groups is 1. The van der Waals surface area contributed by atoms with Gasteiger partial charge in [0.25, 0.3) is 0 Å². The number of benzene rings is 1. The number of rotatable bonds is 9. The summed E-state index contributed by atoms with van der Waals surface area (Å²) in [7, 11) is 3.46. The summed E-state index contributed by atoms with van der Waals surface area (Å²) < 4.78 is 10.7. The molecule has 0 radical (unpaired) electrons. The van der Waals surface area contributed by atoms with Gasteiger partial charge in [0.1, 0.15) is 5.75 Å². The van der Waals surface area contributed by atoms with Crippen molar-refractivity contribution >= 4 is 29.9 Å². The highest BCUT2D eigenvalue weighted by Gasteiger charge is 2.34. The molecule has 6 nitrogen and oxygen atoms in total. The summed E-state index contributed by atoms with van der Waals surface area (Å²) in [5.41, 5.74) is 1.32. The van der Waals surface area contributed by atoms with Crippen molar-refractivity contribution in [3.63, 3.8) is 0 Å². The molecule has 1 aromatic rings. The summed E-state index contributed by atoms with van der Waals surface area (Å²) in [4.78, 5) is 4.28. The molecule has 1 unspecified atom stereocenters. The van der Waals surface area contributed by atoms with Crippen molar-refractivity contribution in [2.24, 2.45) is 10.4 Å². The van der Waals surface area contributed by atoms with Crippen LogP contribution in [0.2, 0.25) is 0 Å². The van der Waals surface area contributed by atoms with E-state index in [-0.39, 0.29) is 36.0 Å². The highest BCUT2D eigenvalue weighted by Crippen LogP contribution is 2.31. The SMILES string of the molecule is CN=C(NCCCc1ccc(OC)cc1)NCC1(CCO)CCOC1.I. The average molecular weight is 477 g/mol. The molecule has 0 aromatic heterocycles. The Balaban J connectivity index is 0.00000338. The van der Waals surface area contributed by atoms with E-state index < -0.39 is 0 Å². The van der Waals surface area contributed by atoms with Crippen LogP contribution in [0.5, 0.6) is 5.75 Å². The summed E-state index contributed by atoms with van der Waals surface area (Å²) in [5.74, 6) is 1.69. The number of halogens is 1. The number of nitrogens with zero attached hydrogens (tertiary/aromatic N) is 1. The van der Waals surface area contributed by atoms with Gasteiger partial charge >= 0.3 is 0 Å². The Morgan fingerprint density at radius 3 is 2.65 bits per heavy atom. The molecule has 1 aromatic carbocycles. The van der Waals surface area contributed by atoms with Crippen LogP contribution in [0.25, 0.3) is 0 Å². The third kappa shape index (κ3) is 7.28. The van der Waals surface area contributed by atoms with Gasteiger partial charge in [-0.05, 0) is 43.4 Å². The standard InChI is InChI=1S/C19H31N3O3.HI/c1-20-18(22-14-19(9-12-23)10-13-25-15-19)21-11-3-4-16-5-7-17(24-2)8-6-16;/h5-8,23H,3-4,9-15H2,1-2H3,(H2,20,21,22);1H. The van der Waals surface area contributed by atoms with Gasteiger partial charge in [0.2, 0.25) is 0 Å². The van der Waals surface area contributed by atoms with Crippen LogP contribution in [0.15, 0.2) is 29.3 Å². The fourth-order valence-corrected chi connectivity index (χ4v) is 3.10. The molecule has 0 saturated carbocycles. The van der Waals surface area contributed by atoms with Gasteiger partial charge in [-0.15, -0.1) is 24.0 Å². The number of aliphatic imine (C=N–C) groups is 1. The molecule has 1 heterocycles. The van der Waals surface area contributed by atoms with Crippen LogP contribution >= 0.6 is 24.0 Å². The van der Waals surface area contributed by atoms with Crippen LogP contribution in [0.3, 0.4) is 0 Å². The Kier molecular flexibility index (Phi) is 10.9. The lowest BCUT2D eigenvalue weighted by atomic mass is 9.84. The largest absolute Gasteiger partial charge is 0.497 e. The van der Waals surface area contributed by atoms with E-state index in [4.69, 9.17) is 9.47 Å². The lowest BCUT2D eigenvalue weighted by molar-refractivity contribution is 0.127. The highest BCUT2D eigenvalue weighted by molar-refractivity contribution is 14.0. The van der Waals surface area contributed by atoms with Gasteiger partial charge in [-0.1, -0.05) is 12.1 Å². The van der Waals surface area contributed by atoms with Gasteiger partial charge in [0.05, 0.1) is 13.7 Å². The van der Waals surface area contributed by atoms with Gasteiger partial charge in [-0.2, -0.15) is 0 Å². The number of aryl methyl sites for hydroxylation is 1. The second kappa shape index (κ2) is 12.3. The molecule has 1 aliphatic heterocycles. The number of hydrogen-bond donors (Lipinski definition) is 3. The van der Waals surface area contributed by atoms with Crippen molar-refractivity contribution in [2.75, 3.05) is 47.1 Å². The molecule has 1 fully saturated rings. The van der Waals surface area contributed by atoms with Crippen LogP contribution in [0.4, 0.5) is 0 Å². The minimum atomic E-state index is 0. The van der Waals surface area contributed by atoms with Crippen LogP contribution < -0.4 is 15.4 Å². The van der Waals surface area contributed by atoms with E-state index in [0.29, 0.717) is 6.61 Å². The molecule has 1 atom stereocenters. The number of methoxy groups -OCH3 is 1. The zero-order valence-electron chi connectivity index (χ0n) is 15.8. The Labute approximate surface area is 173 Å². The van der Waals surface area contributed by atoms with Crippen molar-refractivity contribution in [3.05, 3.63) is 29.8 Å². The van der Waals surface area contributed by atoms with E-state index in [1.54, 1.807) is 14.2 Å². The van der Waals surface area contributed by atoms with Crippen molar-refractivity contribution in [1.29, 1.82) is 0 Å². The second-order valence-electron chi connectivity index (χ2n) is 6.58. The molecular weight excluding hydrogens is 445 g/mol. The van der Waals surface area contributed by atoms with Crippen molar-refractivity contribution in [2.45, 2.75) is 25.7 Å². The number of aliphatic hydroxyl groups is 1. The van der Waals surface area contributed by atoms with Gasteiger partial charge < -0.3 is 25.2 Å². The van der Waals surface area contributed by atoms with Crippen molar-refractivity contribution < 1.29 is 14.6 Å². The average Bonchev–Trinajstić information content (AvgIpc) is 3.11. The maximum Gasteiger partial charge on any atom is 0.190 e. The van der Waals surface area contributed by atoms with Crippen LogP contribution in [0.1, 0.15) is 24.8 Å². The van der Waals surface area contributed by atoms with Gasteiger partial charge in [-0.3, -0.25) is 4.99 Å². The fraction of sp³-hybridized carbons (Fsp3) is 0.632. The van der Waals surface area contributed by atoms with Crippen LogP contribution in [-0.4, -0.2) is 58.1 Å². The number of hydrogen-bond acceptors (Lipinski definition) is 4. The predicted octanol–water partition coefficient (Wildman–Crippen LogP) is 2.20. The normalized spacial score (nSPS) is 19.7. The fourth-order valence-electron chi connectivity index (χ4n) is 3.10. The molecule has 2 rings (SSSR count). The first-order valence-electron chi connectivity index (χ1n) is 8.97. The molecule has 7 heteroatoms. The zero-order chi connectivity index (χ0) is 18.0. The minimum absolute atomic E-state index is 0. The summed E-state index contributed by atoms with van der Waals surface area (Å²) in [5, 5.41) is 16.0. The first-order valence-corrected chi connectivity index (χ1v) is 8.97. The van der Waals surface area contributed by atoms with Crippen LogP contribution in [0, 0.1) is 5.41 Å². The lowest BCUT2D eigenvalue weighted by Crippen LogP contribution is -2.44. The Morgan fingerprint density at radius 2 is 2.08 bits per heavy atom. The Morgan fingerprint density at radius 1 is 1.31 bits per heavy atom. The second-order valence-corrected chi connectivity index (χ2v) is 6.58. The molecule has 3 N–H and O–H groups in total. The maximum atomic E-state index is 9.29. The molecule has 0 aliphatic carbocycles. The Bertz CT molecular complexity index is 531. The van der Waals surface area contributed by atoms with E-state index >= 15 is 0 Å². The molecule has 0 spiro atoms. The number of aliphatic hydroxyl groups excluding tert-OH is 1. The quantitative estimate of drug-likeness (QED) is 0.220. The van der Waals surface area contributed by atoms with E-state index in [1.165, 1.54) is 5.56 Å². The van der Waals surface area contributed by atoms with Gasteiger partial charge in [-0.25, -0.2) is 0 Å². The predicted molar refractivity (Wildman–Crippen MR) is 116 cm³/mol. The van der Waals surface area contributed by atoms with Crippen LogP contribution in [-0.2, 0) is 11.2 Å². The first kappa shape index (κ1) is 23.0. The van der Waals surface area contributed by atoms with E-state index in [2.05, 4.69) is 27.8 Å². The topological polar surface area (TPSA) is 75.1 Å². The third-order valence-electron chi connectivity index (χ3n) is 4.78. The monoisotopic (exact) mass is 477 g/mol. The Hall–Kier alpha value is -1.06. The van der Waals surface area contributed by atoms with E-state index in [0.717, 1.165) is 57.1 Å². The highest BCUT2D eigenvalue weighted by atomic mass is 127. The number of nitrogens with one attached hydrogen (secondary N) is 2. The maximum absolute atomic E-state index is 9.29. The van der Waals surface area contributed by atoms with Gasteiger partial charge in [0, 0.05) is 38.8 Å². The minimum Gasteiger partial charge on any atom is -0.497 e. The summed E-state index contributed by atoms with van der Waals surface area (Å²) in [6, 6.07) is 8.19. The number of ether oxygens (including phenoxy) is 2. The van der Waals surface area contributed by atoms with E-state index in [1.807, 2.05) is 12.1 Å². The zero-order valence-corrected chi connectivity index (χ0v) is 18.1. The third-order valence-corrected chi connectivity index (χ3v) is 4.78. The van der Waals surface area contributed by atoms with E-state index in [9.17, 15) is 5.11 Å².